The van der Waals surface area contributed by atoms with Gasteiger partial charge in [-0.2, -0.15) is 0 Å². The van der Waals surface area contributed by atoms with Crippen LogP contribution in [0.2, 0.25) is 0 Å². The summed E-state index contributed by atoms with van der Waals surface area (Å²) in [6.45, 7) is 0.976. The Kier molecular flexibility index (Phi) is 11.4. The van der Waals surface area contributed by atoms with Crippen molar-refractivity contribution >= 4 is 9.84 Å². The average Bonchev–Trinajstić information content (AvgIpc) is 3.16. The van der Waals surface area contributed by atoms with Gasteiger partial charge in [0.25, 0.3) is 0 Å². The summed E-state index contributed by atoms with van der Waals surface area (Å²) in [6, 6.07) is 44.8. The molecule has 0 amide bonds. The van der Waals surface area contributed by atoms with E-state index < -0.39 is 56.6 Å². The molecule has 5 aromatic carbocycles. The van der Waals surface area contributed by atoms with E-state index in [0.717, 1.165) is 27.8 Å². The van der Waals surface area contributed by atoms with E-state index in [9.17, 15) is 18.5 Å². The Balaban J connectivity index is 1.47. The highest BCUT2D eigenvalue weighted by Crippen LogP contribution is 2.43. The molecule has 0 spiro atoms. The molecule has 0 radical (unpaired) electrons. The van der Waals surface area contributed by atoms with Crippen LogP contribution < -0.4 is 0 Å². The van der Waals surface area contributed by atoms with Crippen molar-refractivity contribution in [2.45, 2.75) is 47.8 Å². The lowest BCUT2D eigenvalue weighted by atomic mass is 9.80. The predicted octanol–water partition coefficient (Wildman–Crippen LogP) is 7.00. The second kappa shape index (κ2) is 16.1. The van der Waals surface area contributed by atoms with E-state index in [2.05, 4.69) is 0 Å². The summed E-state index contributed by atoms with van der Waals surface area (Å²) < 4.78 is 55.3. The third kappa shape index (κ3) is 7.80. The fourth-order valence-corrected chi connectivity index (χ4v) is 9.03. The van der Waals surface area contributed by atoms with E-state index in [4.69, 9.17) is 18.9 Å². The number of nitro groups is 1. The van der Waals surface area contributed by atoms with Crippen LogP contribution in [-0.4, -0.2) is 57.4 Å². The van der Waals surface area contributed by atoms with Crippen LogP contribution in [0.15, 0.2) is 150 Å². The second-order valence-electron chi connectivity index (χ2n) is 12.6. The molecule has 5 atom stereocenters. The first-order chi connectivity index (χ1) is 24.7. The van der Waals surface area contributed by atoms with Gasteiger partial charge >= 0.3 is 0 Å². The van der Waals surface area contributed by atoms with Gasteiger partial charge in [-0.05, 0) is 41.3 Å². The topological polar surface area (TPSA) is 114 Å². The first kappa shape index (κ1) is 36.1. The van der Waals surface area contributed by atoms with Crippen molar-refractivity contribution in [1.82, 2.24) is 0 Å². The van der Waals surface area contributed by atoms with Gasteiger partial charge in [0, 0.05) is 12.0 Å². The molecular weight excluding hydrogens is 667 g/mol. The zero-order chi connectivity index (χ0) is 35.8. The largest absolute Gasteiger partial charge is 0.368 e. The minimum Gasteiger partial charge on any atom is -0.368 e. The van der Waals surface area contributed by atoms with Crippen molar-refractivity contribution in [3.63, 3.8) is 0 Å². The number of nitrogens with zero attached hydrogens (tertiary/aromatic N) is 1. The third-order valence-corrected chi connectivity index (χ3v) is 11.7. The van der Waals surface area contributed by atoms with Gasteiger partial charge in [0.15, 0.2) is 16.1 Å². The molecule has 0 saturated carbocycles. The Bertz CT molecular complexity index is 1860. The molecule has 51 heavy (non-hydrogen) atoms. The minimum atomic E-state index is -4.28. The van der Waals surface area contributed by atoms with Crippen LogP contribution >= 0.6 is 0 Å². The summed E-state index contributed by atoms with van der Waals surface area (Å²) in [5.41, 5.74) is 2.92. The first-order valence-corrected chi connectivity index (χ1v) is 18.4. The van der Waals surface area contributed by atoms with Gasteiger partial charge < -0.3 is 18.9 Å². The first-order valence-electron chi connectivity index (χ1n) is 16.8. The molecule has 9 nitrogen and oxygen atoms in total. The SMILES string of the molecule is CO[C@H]1O[C@H](COC(c2ccccc2)(c2ccccc2)c2ccccc2)[C@@H](S(=O)(=O)c2ccc(C)cc2)[C@H](C[N+](=O)[O-])[C@H]1OCc1ccccc1. The Morgan fingerprint density at radius 3 is 1.71 bits per heavy atom. The van der Waals surface area contributed by atoms with E-state index in [-0.39, 0.29) is 18.1 Å². The fraction of sp³-hybridized carbons (Fsp3) is 0.268. The van der Waals surface area contributed by atoms with Gasteiger partial charge in [-0.3, -0.25) is 10.1 Å². The smallest absolute Gasteiger partial charge is 0.210 e. The quantitative estimate of drug-likeness (QED) is 0.0689. The van der Waals surface area contributed by atoms with Gasteiger partial charge in [-0.1, -0.05) is 139 Å². The molecule has 6 rings (SSSR count). The molecule has 0 aromatic heterocycles. The standard InChI is InChI=1S/C41H41NO8S/c1-30-23-25-35(26-24-30)51(45,46)39-36(27-42(43)44)38(48-28-31-15-7-3-8-16-31)40(47-2)50-37(39)29-49-41(32-17-9-4-10-18-32,33-19-11-5-12-20-33)34-21-13-6-14-22-34/h3-26,36-40H,27-29H2,1-2H3/t36-,37-,38-,39+,40+/m1/s1. The van der Waals surface area contributed by atoms with Crippen LogP contribution in [0.5, 0.6) is 0 Å². The van der Waals surface area contributed by atoms with Crippen molar-refractivity contribution in [2.24, 2.45) is 5.92 Å². The Hall–Kier alpha value is -4.71. The van der Waals surface area contributed by atoms with E-state index in [1.165, 1.54) is 19.2 Å². The van der Waals surface area contributed by atoms with Crippen molar-refractivity contribution in [3.05, 3.63) is 184 Å². The van der Waals surface area contributed by atoms with Gasteiger partial charge in [0.2, 0.25) is 6.54 Å². The summed E-state index contributed by atoms with van der Waals surface area (Å²) in [5, 5.41) is 10.9. The van der Waals surface area contributed by atoms with Crippen LogP contribution in [0.1, 0.15) is 27.8 Å². The normalized spacial score (nSPS) is 20.9. The molecule has 1 aliphatic heterocycles. The highest BCUT2D eigenvalue weighted by atomic mass is 32.2. The van der Waals surface area contributed by atoms with Crippen LogP contribution in [0, 0.1) is 23.0 Å². The fourth-order valence-electron chi connectivity index (χ4n) is 6.95. The number of aryl methyl sites for hydroxylation is 1. The molecule has 10 heteroatoms. The maximum Gasteiger partial charge on any atom is 0.210 e. The van der Waals surface area contributed by atoms with Crippen LogP contribution in [0.4, 0.5) is 0 Å². The number of sulfone groups is 1. The number of benzene rings is 5. The van der Waals surface area contributed by atoms with E-state index >= 15 is 0 Å². The maximum absolute atomic E-state index is 14.8. The number of hydrogen-bond acceptors (Lipinski definition) is 8. The predicted molar refractivity (Wildman–Crippen MR) is 193 cm³/mol. The lowest BCUT2D eigenvalue weighted by molar-refractivity contribution is -0.495. The van der Waals surface area contributed by atoms with Crippen LogP contribution in [0.25, 0.3) is 0 Å². The van der Waals surface area contributed by atoms with Gasteiger partial charge in [0.05, 0.1) is 24.0 Å². The Labute approximate surface area is 298 Å². The molecule has 0 unspecified atom stereocenters. The van der Waals surface area contributed by atoms with Crippen LogP contribution in [0.3, 0.4) is 0 Å². The lowest BCUT2D eigenvalue weighted by Gasteiger charge is -2.45. The minimum absolute atomic E-state index is 0.0261. The van der Waals surface area contributed by atoms with E-state index in [1.54, 1.807) is 12.1 Å². The molecule has 1 heterocycles. The number of rotatable bonds is 14. The summed E-state index contributed by atoms with van der Waals surface area (Å²) in [6.07, 6.45) is -3.42. The average molecular weight is 708 g/mol. The third-order valence-electron chi connectivity index (χ3n) is 9.38. The van der Waals surface area contributed by atoms with Crippen molar-refractivity contribution in [1.29, 1.82) is 0 Å². The Morgan fingerprint density at radius 1 is 0.745 bits per heavy atom. The summed E-state index contributed by atoms with van der Waals surface area (Å²) >= 11 is 0. The highest BCUT2D eigenvalue weighted by molar-refractivity contribution is 7.92. The maximum atomic E-state index is 14.8. The lowest BCUT2D eigenvalue weighted by Crippen LogP contribution is -2.61. The molecule has 264 valence electrons. The summed E-state index contributed by atoms with van der Waals surface area (Å²) in [4.78, 5) is 11.9. The van der Waals surface area contributed by atoms with E-state index in [0.29, 0.717) is 0 Å². The van der Waals surface area contributed by atoms with Gasteiger partial charge in [-0.15, -0.1) is 0 Å². The monoisotopic (exact) mass is 707 g/mol. The number of hydrogen-bond donors (Lipinski definition) is 0. The van der Waals surface area contributed by atoms with Crippen molar-refractivity contribution in [3.8, 4) is 0 Å². The molecule has 1 fully saturated rings. The molecule has 0 N–H and O–H groups in total. The van der Waals surface area contributed by atoms with Crippen LogP contribution in [-0.2, 0) is 41.0 Å². The molecule has 0 aliphatic carbocycles. The van der Waals surface area contributed by atoms with Gasteiger partial charge in [0.1, 0.15) is 23.1 Å². The second-order valence-corrected chi connectivity index (χ2v) is 14.7. The molecular formula is C41H41NO8S. The zero-order valence-corrected chi connectivity index (χ0v) is 29.3. The molecule has 1 aliphatic rings. The van der Waals surface area contributed by atoms with Crippen molar-refractivity contribution in [2.75, 3.05) is 20.3 Å². The number of methoxy groups -OCH3 is 1. The molecule has 1 saturated heterocycles. The zero-order valence-electron chi connectivity index (χ0n) is 28.5. The molecule has 0 bridgehead atoms. The van der Waals surface area contributed by atoms with Gasteiger partial charge in [-0.25, -0.2) is 8.42 Å². The number of ether oxygens (including phenoxy) is 4. The summed E-state index contributed by atoms with van der Waals surface area (Å²) in [5.74, 6) is -1.16. The molecule has 5 aromatic rings. The van der Waals surface area contributed by atoms with Crippen molar-refractivity contribution < 1.29 is 32.3 Å². The summed E-state index contributed by atoms with van der Waals surface area (Å²) in [7, 11) is -2.86. The Morgan fingerprint density at radius 2 is 1.24 bits per heavy atom. The highest BCUT2D eigenvalue weighted by Gasteiger charge is 2.55. The van der Waals surface area contributed by atoms with E-state index in [1.807, 2.05) is 128 Å².